The van der Waals surface area contributed by atoms with Crippen molar-refractivity contribution in [2.45, 2.75) is 58.3 Å². The van der Waals surface area contributed by atoms with Crippen molar-refractivity contribution in [2.24, 2.45) is 0 Å². The maximum absolute atomic E-state index is 13.4. The Hall–Kier alpha value is -2.62. The first-order valence-corrected chi connectivity index (χ1v) is 10.2. The van der Waals surface area contributed by atoms with Gasteiger partial charge in [-0.2, -0.15) is 0 Å². The first kappa shape index (κ1) is 21.1. The van der Waals surface area contributed by atoms with E-state index in [1.165, 1.54) is 18.2 Å². The van der Waals surface area contributed by atoms with Crippen LogP contribution in [0.5, 0.6) is 5.75 Å². The van der Waals surface area contributed by atoms with E-state index < -0.39 is 5.97 Å². The van der Waals surface area contributed by atoms with Crippen LogP contribution in [0.1, 0.15) is 84.9 Å². The molecule has 3 rings (SSSR count). The van der Waals surface area contributed by atoms with Gasteiger partial charge < -0.3 is 9.47 Å². The highest BCUT2D eigenvalue weighted by atomic mass is 16.5. The number of carbonyl (C=O) groups is 2. The van der Waals surface area contributed by atoms with Gasteiger partial charge in [-0.1, -0.05) is 39.8 Å². The van der Waals surface area contributed by atoms with Gasteiger partial charge in [0.2, 0.25) is 0 Å². The normalized spacial score (nSPS) is 16.6. The Morgan fingerprint density at radius 3 is 1.93 bits per heavy atom. The Morgan fingerprint density at radius 1 is 0.897 bits per heavy atom. The fourth-order valence-electron chi connectivity index (χ4n) is 4.08. The minimum Gasteiger partial charge on any atom is -0.493 e. The number of esters is 1. The maximum Gasteiger partial charge on any atom is 0.337 e. The van der Waals surface area contributed by atoms with Crippen molar-refractivity contribution in [3.8, 4) is 5.75 Å². The van der Waals surface area contributed by atoms with Gasteiger partial charge in [0.1, 0.15) is 5.75 Å². The van der Waals surface area contributed by atoms with Crippen LogP contribution in [0.15, 0.2) is 36.4 Å². The number of fused-ring (bicyclic) bond motifs is 1. The van der Waals surface area contributed by atoms with E-state index in [9.17, 15) is 9.59 Å². The molecule has 0 N–H and O–H groups in total. The fraction of sp³-hybridized carbons (Fsp3) is 0.440. The van der Waals surface area contributed by atoms with E-state index in [0.717, 1.165) is 12.8 Å². The van der Waals surface area contributed by atoms with Gasteiger partial charge >= 0.3 is 5.97 Å². The number of ether oxygens (including phenoxy) is 2. The molecule has 4 nitrogen and oxygen atoms in total. The van der Waals surface area contributed by atoms with Gasteiger partial charge in [-0.05, 0) is 66.0 Å². The molecule has 0 aliphatic heterocycles. The van der Waals surface area contributed by atoms with E-state index in [2.05, 4.69) is 33.8 Å². The second kappa shape index (κ2) is 7.66. The largest absolute Gasteiger partial charge is 0.493 e. The maximum atomic E-state index is 13.4. The first-order valence-electron chi connectivity index (χ1n) is 10.2. The average molecular weight is 395 g/mol. The number of carbonyl (C=O) groups excluding carboxylic acids is 2. The van der Waals surface area contributed by atoms with Crippen LogP contribution in [-0.2, 0) is 15.6 Å². The number of methoxy groups -OCH3 is 1. The Morgan fingerprint density at radius 2 is 1.41 bits per heavy atom. The molecule has 0 amide bonds. The fourth-order valence-corrected chi connectivity index (χ4v) is 4.08. The Bertz CT molecular complexity index is 936. The quantitative estimate of drug-likeness (QED) is 0.500. The van der Waals surface area contributed by atoms with Crippen LogP contribution in [-0.4, -0.2) is 25.5 Å². The highest BCUT2D eigenvalue weighted by molar-refractivity contribution is 6.11. The van der Waals surface area contributed by atoms with Gasteiger partial charge in [-0.25, -0.2) is 4.79 Å². The van der Waals surface area contributed by atoms with Gasteiger partial charge in [0, 0.05) is 5.56 Å². The number of hydrogen-bond donors (Lipinski definition) is 0. The third kappa shape index (κ3) is 3.93. The van der Waals surface area contributed by atoms with Crippen LogP contribution in [0.3, 0.4) is 0 Å². The van der Waals surface area contributed by atoms with Crippen molar-refractivity contribution in [3.63, 3.8) is 0 Å². The molecular formula is C25H30O4. The van der Waals surface area contributed by atoms with Crippen molar-refractivity contribution in [2.75, 3.05) is 13.7 Å². The van der Waals surface area contributed by atoms with Crippen LogP contribution in [0.25, 0.3) is 0 Å². The molecule has 0 saturated carbocycles. The summed E-state index contributed by atoms with van der Waals surface area (Å²) < 4.78 is 10.6. The summed E-state index contributed by atoms with van der Waals surface area (Å²) >= 11 is 0. The van der Waals surface area contributed by atoms with Gasteiger partial charge in [0.25, 0.3) is 0 Å². The zero-order valence-electron chi connectivity index (χ0n) is 18.2. The van der Waals surface area contributed by atoms with Crippen LogP contribution in [0.4, 0.5) is 0 Å². The van der Waals surface area contributed by atoms with Crippen molar-refractivity contribution in [1.82, 2.24) is 0 Å². The smallest absolute Gasteiger partial charge is 0.337 e. The lowest BCUT2D eigenvalue weighted by atomic mass is 9.62. The van der Waals surface area contributed by atoms with Crippen LogP contribution in [0, 0.1) is 0 Å². The molecule has 0 bridgehead atoms. The Kier molecular flexibility index (Phi) is 5.57. The van der Waals surface area contributed by atoms with Crippen molar-refractivity contribution >= 4 is 11.8 Å². The summed E-state index contributed by atoms with van der Waals surface area (Å²) in [7, 11) is 1.34. The van der Waals surface area contributed by atoms with Crippen LogP contribution in [0.2, 0.25) is 0 Å². The molecule has 0 aromatic heterocycles. The molecule has 0 heterocycles. The van der Waals surface area contributed by atoms with E-state index >= 15 is 0 Å². The third-order valence-electron chi connectivity index (χ3n) is 6.07. The van der Waals surface area contributed by atoms with E-state index in [4.69, 9.17) is 9.47 Å². The lowest BCUT2D eigenvalue weighted by Crippen LogP contribution is -2.34. The number of benzene rings is 2. The highest BCUT2D eigenvalue weighted by Gasteiger charge is 2.38. The summed E-state index contributed by atoms with van der Waals surface area (Å²) in [5, 5.41) is 0. The summed E-state index contributed by atoms with van der Waals surface area (Å²) in [6.07, 6.45) is 2.17. The van der Waals surface area contributed by atoms with Crippen molar-refractivity contribution in [1.29, 1.82) is 0 Å². The van der Waals surface area contributed by atoms with Crippen LogP contribution < -0.4 is 4.74 Å². The van der Waals surface area contributed by atoms with Gasteiger partial charge in [0.15, 0.2) is 5.78 Å². The molecule has 154 valence electrons. The standard InChI is InChI=1S/C25H30O4/c1-7-29-21-15-20-19(24(2,3)12-13-25(20,4)5)14-18(21)22(26)16-8-10-17(11-9-16)23(27)28-6/h8-11,14-15H,7,12-13H2,1-6H3. The minimum absolute atomic E-state index is 0.000626. The Balaban J connectivity index is 2.11. The zero-order valence-corrected chi connectivity index (χ0v) is 18.2. The Labute approximate surface area is 173 Å². The van der Waals surface area contributed by atoms with Gasteiger partial charge in [-0.3, -0.25) is 4.79 Å². The van der Waals surface area contributed by atoms with Crippen molar-refractivity contribution in [3.05, 3.63) is 64.2 Å². The summed E-state index contributed by atoms with van der Waals surface area (Å²) in [6, 6.07) is 10.7. The highest BCUT2D eigenvalue weighted by Crippen LogP contribution is 2.47. The lowest BCUT2D eigenvalue weighted by Gasteiger charge is -2.42. The molecule has 0 radical (unpaired) electrons. The zero-order chi connectivity index (χ0) is 21.4. The number of ketones is 1. The first-order chi connectivity index (χ1) is 13.6. The molecule has 0 unspecified atom stereocenters. The minimum atomic E-state index is -0.420. The topological polar surface area (TPSA) is 52.6 Å². The molecular weight excluding hydrogens is 364 g/mol. The molecule has 0 atom stereocenters. The second-order valence-corrected chi connectivity index (χ2v) is 8.99. The van der Waals surface area contributed by atoms with E-state index in [1.807, 2.05) is 13.0 Å². The number of hydrogen-bond acceptors (Lipinski definition) is 4. The molecule has 2 aromatic carbocycles. The molecule has 29 heavy (non-hydrogen) atoms. The summed E-state index contributed by atoms with van der Waals surface area (Å²) in [4.78, 5) is 25.0. The molecule has 4 heteroatoms. The van der Waals surface area contributed by atoms with Gasteiger partial charge in [0.05, 0.1) is 24.8 Å². The predicted octanol–water partition coefficient (Wildman–Crippen LogP) is 5.45. The van der Waals surface area contributed by atoms with Gasteiger partial charge in [-0.15, -0.1) is 0 Å². The molecule has 0 saturated heterocycles. The SMILES string of the molecule is CCOc1cc2c(cc1C(=O)c1ccc(C(=O)OC)cc1)C(C)(C)CCC2(C)C. The third-order valence-corrected chi connectivity index (χ3v) is 6.07. The lowest BCUT2D eigenvalue weighted by molar-refractivity contribution is 0.0600. The van der Waals surface area contributed by atoms with Crippen LogP contribution >= 0.6 is 0 Å². The number of rotatable bonds is 5. The predicted molar refractivity (Wildman–Crippen MR) is 114 cm³/mol. The molecule has 1 aliphatic carbocycles. The van der Waals surface area contributed by atoms with E-state index in [-0.39, 0.29) is 16.6 Å². The molecule has 0 spiro atoms. The molecule has 0 fully saturated rings. The van der Waals surface area contributed by atoms with Crippen molar-refractivity contribution < 1.29 is 19.1 Å². The summed E-state index contributed by atoms with van der Waals surface area (Å²) in [6.45, 7) is 11.4. The van der Waals surface area contributed by atoms with E-state index in [1.54, 1.807) is 24.3 Å². The molecule has 1 aliphatic rings. The average Bonchev–Trinajstić information content (AvgIpc) is 2.70. The van der Waals surface area contributed by atoms with E-state index in [0.29, 0.717) is 29.0 Å². The monoisotopic (exact) mass is 394 g/mol. The second-order valence-electron chi connectivity index (χ2n) is 8.99. The summed E-state index contributed by atoms with van der Waals surface area (Å²) in [5.41, 5.74) is 4.03. The summed E-state index contributed by atoms with van der Waals surface area (Å²) in [5.74, 6) is 0.0997. The molecule has 2 aromatic rings.